The van der Waals surface area contributed by atoms with E-state index < -0.39 is 4.92 Å². The summed E-state index contributed by atoms with van der Waals surface area (Å²) in [5.74, 6) is -0.339. The van der Waals surface area contributed by atoms with Crippen LogP contribution >= 0.6 is 12.4 Å². The Bertz CT molecular complexity index is 524. The molecule has 0 saturated heterocycles. The number of non-ortho nitro benzene ring substituents is 1. The highest BCUT2D eigenvalue weighted by Crippen LogP contribution is 2.11. The van der Waals surface area contributed by atoms with Crippen molar-refractivity contribution in [2.24, 2.45) is 10.2 Å². The second kappa shape index (κ2) is 7.56. The molecular weight excluding hydrogens is 284 g/mol. The van der Waals surface area contributed by atoms with Crippen molar-refractivity contribution in [1.29, 1.82) is 0 Å². The van der Waals surface area contributed by atoms with Crippen LogP contribution in [0.3, 0.4) is 0 Å². The molecule has 0 radical (unpaired) electrons. The van der Waals surface area contributed by atoms with Gasteiger partial charge < -0.3 is 9.59 Å². The molecule has 0 heterocycles. The van der Waals surface area contributed by atoms with Gasteiger partial charge in [0.15, 0.2) is 0 Å². The number of nitro benzene ring substituents is 1. The third kappa shape index (κ3) is 6.81. The molecule has 0 aliphatic rings. The lowest BCUT2D eigenvalue weighted by Gasteiger charge is -2.25. The van der Waals surface area contributed by atoms with Gasteiger partial charge in [0.1, 0.15) is 6.54 Å². The van der Waals surface area contributed by atoms with Gasteiger partial charge in [0, 0.05) is 23.6 Å². The van der Waals surface area contributed by atoms with Crippen LogP contribution in [-0.4, -0.2) is 49.2 Å². The summed E-state index contributed by atoms with van der Waals surface area (Å²) in [6.45, 7) is 0.242. The molecule has 1 rings (SSSR count). The third-order valence-corrected chi connectivity index (χ3v) is 2.07. The first-order chi connectivity index (χ1) is 8.78. The normalized spacial score (nSPS) is 12.2. The first-order valence-electron chi connectivity index (χ1n) is 5.60. The van der Waals surface area contributed by atoms with Crippen molar-refractivity contribution < 1.29 is 14.5 Å². The molecular formula is C12H17ClN4O3. The van der Waals surface area contributed by atoms with E-state index in [0.29, 0.717) is 10.0 Å². The zero-order valence-electron chi connectivity index (χ0n) is 11.5. The smallest absolute Gasteiger partial charge is 0.270 e. The lowest BCUT2D eigenvalue weighted by atomic mass is 10.2. The van der Waals surface area contributed by atoms with E-state index in [-0.39, 0.29) is 30.5 Å². The minimum Gasteiger partial charge on any atom is -0.857 e. The van der Waals surface area contributed by atoms with E-state index in [9.17, 15) is 15.2 Å². The van der Waals surface area contributed by atoms with Crippen molar-refractivity contribution in [1.82, 2.24) is 0 Å². The summed E-state index contributed by atoms with van der Waals surface area (Å²) in [5, 5.41) is 29.2. The first kappa shape index (κ1) is 18.0. The number of quaternary nitrogens is 1. The maximum atomic E-state index is 11.4. The lowest BCUT2D eigenvalue weighted by molar-refractivity contribution is -0.863. The Morgan fingerprint density at radius 3 is 2.60 bits per heavy atom. The van der Waals surface area contributed by atoms with E-state index in [1.165, 1.54) is 18.3 Å². The highest BCUT2D eigenvalue weighted by molar-refractivity contribution is 5.85. The van der Waals surface area contributed by atoms with Gasteiger partial charge in [-0.2, -0.15) is 10.2 Å². The largest absolute Gasteiger partial charge is 0.857 e. The minimum atomic E-state index is -0.489. The molecule has 0 aromatic heterocycles. The Hall–Kier alpha value is -1.99. The third-order valence-electron chi connectivity index (χ3n) is 2.07. The fourth-order valence-electron chi connectivity index (χ4n) is 1.32. The van der Waals surface area contributed by atoms with Crippen molar-refractivity contribution in [2.45, 2.75) is 0 Å². The highest BCUT2D eigenvalue weighted by Gasteiger charge is 2.05. The lowest BCUT2D eigenvalue weighted by Crippen LogP contribution is -2.43. The zero-order chi connectivity index (χ0) is 14.5. The summed E-state index contributed by atoms with van der Waals surface area (Å²) in [4.78, 5) is 10.1. The van der Waals surface area contributed by atoms with Crippen molar-refractivity contribution in [3.8, 4) is 0 Å². The summed E-state index contributed by atoms with van der Waals surface area (Å²) in [6, 6.07) is 5.95. The van der Waals surface area contributed by atoms with Crippen LogP contribution in [0.25, 0.3) is 0 Å². The average Bonchev–Trinajstić information content (AvgIpc) is 2.27. The molecule has 8 heteroatoms. The van der Waals surface area contributed by atoms with E-state index in [4.69, 9.17) is 0 Å². The molecule has 0 bridgehead atoms. The van der Waals surface area contributed by atoms with Crippen LogP contribution < -0.4 is 5.11 Å². The molecule has 1 aromatic rings. The Kier molecular flexibility index (Phi) is 6.81. The van der Waals surface area contributed by atoms with Gasteiger partial charge in [-0.25, -0.2) is 0 Å². The molecule has 1 aromatic carbocycles. The number of nitro groups is 1. The fraction of sp³-hybridized carbons (Fsp3) is 0.333. The molecule has 0 aliphatic heterocycles. The van der Waals surface area contributed by atoms with E-state index in [1.54, 1.807) is 12.1 Å². The van der Waals surface area contributed by atoms with Crippen molar-refractivity contribution in [2.75, 3.05) is 27.7 Å². The minimum absolute atomic E-state index is 0. The molecule has 0 atom stereocenters. The SMILES string of the molecule is C[N+](C)(C)C/C([O-])=N/N=C/c1cccc([N+](=O)[O-])c1.Cl. The van der Waals surface area contributed by atoms with E-state index in [2.05, 4.69) is 10.2 Å². The summed E-state index contributed by atoms with van der Waals surface area (Å²) < 4.78 is 0.467. The standard InChI is InChI=1S/C12H16N4O3.ClH/c1-16(2,3)9-12(17)14-13-8-10-5-4-6-11(7-10)15(18)19;/h4-8H,9H2,1-3H3;1H/b13-8+;. The second-order valence-electron chi connectivity index (χ2n) is 5.04. The Labute approximate surface area is 123 Å². The monoisotopic (exact) mass is 300 g/mol. The number of rotatable bonds is 5. The van der Waals surface area contributed by atoms with E-state index in [0.717, 1.165) is 0 Å². The molecule has 0 spiro atoms. The predicted octanol–water partition coefficient (Wildman–Crippen LogP) is 0.816. The Morgan fingerprint density at radius 2 is 2.05 bits per heavy atom. The molecule has 110 valence electrons. The molecule has 0 fully saturated rings. The van der Waals surface area contributed by atoms with Gasteiger partial charge in [-0.15, -0.1) is 12.4 Å². The maximum Gasteiger partial charge on any atom is 0.270 e. The fourth-order valence-corrected chi connectivity index (χ4v) is 1.32. The van der Waals surface area contributed by atoms with Crippen molar-refractivity contribution in [3.63, 3.8) is 0 Å². The van der Waals surface area contributed by atoms with Crippen LogP contribution in [0.4, 0.5) is 5.69 Å². The molecule has 0 unspecified atom stereocenters. The summed E-state index contributed by atoms with van der Waals surface area (Å²) >= 11 is 0. The molecule has 0 saturated carbocycles. The van der Waals surface area contributed by atoms with Crippen molar-refractivity contribution in [3.05, 3.63) is 39.9 Å². The van der Waals surface area contributed by atoms with Gasteiger partial charge in [-0.3, -0.25) is 10.1 Å². The molecule has 0 aliphatic carbocycles. The first-order valence-corrected chi connectivity index (χ1v) is 5.60. The van der Waals surface area contributed by atoms with Crippen LogP contribution in [0.15, 0.2) is 34.5 Å². The number of hydrogen-bond donors (Lipinski definition) is 0. The van der Waals surface area contributed by atoms with Crippen LogP contribution in [-0.2, 0) is 0 Å². The quantitative estimate of drug-likeness (QED) is 0.265. The predicted molar refractivity (Wildman–Crippen MR) is 78.3 cm³/mol. The summed E-state index contributed by atoms with van der Waals surface area (Å²) in [6.07, 6.45) is 1.32. The zero-order valence-corrected chi connectivity index (χ0v) is 12.3. The second-order valence-corrected chi connectivity index (χ2v) is 5.04. The van der Waals surface area contributed by atoms with Gasteiger partial charge in [0.25, 0.3) is 5.69 Å². The van der Waals surface area contributed by atoms with Crippen LogP contribution in [0, 0.1) is 10.1 Å². The molecule has 0 N–H and O–H groups in total. The van der Waals surface area contributed by atoms with E-state index in [1.807, 2.05) is 21.1 Å². The number of benzene rings is 1. The van der Waals surface area contributed by atoms with Crippen LogP contribution in [0.1, 0.15) is 5.56 Å². The van der Waals surface area contributed by atoms with Gasteiger partial charge in [-0.05, 0) is 0 Å². The van der Waals surface area contributed by atoms with Crippen LogP contribution in [0.5, 0.6) is 0 Å². The number of likely N-dealkylation sites (N-methyl/N-ethyl adjacent to an activating group) is 1. The van der Waals surface area contributed by atoms with Gasteiger partial charge >= 0.3 is 0 Å². The summed E-state index contributed by atoms with van der Waals surface area (Å²) in [5.41, 5.74) is 0.498. The summed E-state index contributed by atoms with van der Waals surface area (Å²) in [7, 11) is 5.62. The van der Waals surface area contributed by atoms with Gasteiger partial charge in [-0.1, -0.05) is 12.1 Å². The van der Waals surface area contributed by atoms with Gasteiger partial charge in [0.2, 0.25) is 0 Å². The molecule has 0 amide bonds. The van der Waals surface area contributed by atoms with E-state index >= 15 is 0 Å². The highest BCUT2D eigenvalue weighted by atomic mass is 35.5. The Morgan fingerprint density at radius 1 is 1.40 bits per heavy atom. The molecule has 7 nitrogen and oxygen atoms in total. The number of hydrogen-bond acceptors (Lipinski definition) is 5. The number of nitrogens with zero attached hydrogens (tertiary/aromatic N) is 4. The molecule has 20 heavy (non-hydrogen) atoms. The van der Waals surface area contributed by atoms with Crippen LogP contribution in [0.2, 0.25) is 0 Å². The number of halogens is 1. The average molecular weight is 301 g/mol. The van der Waals surface area contributed by atoms with Crippen molar-refractivity contribution >= 4 is 30.2 Å². The Balaban J connectivity index is 0.00000361. The topological polar surface area (TPSA) is 90.9 Å². The maximum absolute atomic E-state index is 11.4. The van der Waals surface area contributed by atoms with Gasteiger partial charge in [0.05, 0.1) is 32.3 Å².